The Morgan fingerprint density at radius 3 is 2.25 bits per heavy atom. The van der Waals surface area contributed by atoms with Crippen molar-refractivity contribution in [3.05, 3.63) is 35.4 Å². The van der Waals surface area contributed by atoms with Crippen LogP contribution in [0.15, 0.2) is 24.3 Å². The molecule has 1 aromatic carbocycles. The molecule has 0 radical (unpaired) electrons. The number of amides is 2. The van der Waals surface area contributed by atoms with Gasteiger partial charge in [0.2, 0.25) is 5.91 Å². The van der Waals surface area contributed by atoms with Crippen LogP contribution >= 0.6 is 0 Å². The Morgan fingerprint density at radius 2 is 1.64 bits per heavy atom. The molecule has 6 heteroatoms. The zero-order chi connectivity index (χ0) is 26.2. The van der Waals surface area contributed by atoms with Gasteiger partial charge in [-0.3, -0.25) is 14.5 Å². The summed E-state index contributed by atoms with van der Waals surface area (Å²) in [4.78, 5) is 31.6. The van der Waals surface area contributed by atoms with Crippen LogP contribution in [0.4, 0.5) is 0 Å². The number of likely N-dealkylation sites (tertiary alicyclic amines) is 1. The number of nitrogens with two attached hydrogens (primary N) is 1. The van der Waals surface area contributed by atoms with Gasteiger partial charge in [0.25, 0.3) is 5.91 Å². The predicted molar refractivity (Wildman–Crippen MR) is 148 cm³/mol. The number of nitrogens with one attached hydrogen (secondary N) is 1. The highest BCUT2D eigenvalue weighted by Gasteiger charge is 2.39. The van der Waals surface area contributed by atoms with Crippen LogP contribution in [0.5, 0.6) is 0 Å². The monoisotopic (exact) mass is 498 g/mol. The van der Waals surface area contributed by atoms with Gasteiger partial charge in [-0.2, -0.15) is 0 Å². The maximum atomic E-state index is 13.7. The van der Waals surface area contributed by atoms with E-state index in [1.807, 2.05) is 36.1 Å². The number of piperidine rings is 1. The zero-order valence-electron chi connectivity index (χ0n) is 23.3. The summed E-state index contributed by atoms with van der Waals surface area (Å²) in [6.07, 6.45) is 6.22. The number of hydrogen-bond donors (Lipinski definition) is 2. The summed E-state index contributed by atoms with van der Waals surface area (Å²) in [6, 6.07) is 7.59. The molecule has 6 nitrogen and oxygen atoms in total. The van der Waals surface area contributed by atoms with Crippen LogP contribution in [0.1, 0.15) is 82.1 Å². The summed E-state index contributed by atoms with van der Waals surface area (Å²) >= 11 is 0. The van der Waals surface area contributed by atoms with Gasteiger partial charge in [-0.05, 0) is 81.4 Å². The van der Waals surface area contributed by atoms with Crippen LogP contribution in [-0.2, 0) is 4.79 Å². The van der Waals surface area contributed by atoms with Crippen molar-refractivity contribution in [3.63, 3.8) is 0 Å². The number of nitrogens with zero attached hydrogens (tertiary/aromatic N) is 2. The number of carbonyl (C=O) groups is 2. The van der Waals surface area contributed by atoms with Crippen LogP contribution in [-0.4, -0.2) is 66.4 Å². The lowest BCUT2D eigenvalue weighted by Crippen LogP contribution is -2.58. The molecular formula is C30H50N4O2. The molecular weight excluding hydrogens is 448 g/mol. The third kappa shape index (κ3) is 8.04. The first-order valence-electron chi connectivity index (χ1n) is 14.3. The Labute approximate surface area is 219 Å². The first kappa shape index (κ1) is 28.6. The summed E-state index contributed by atoms with van der Waals surface area (Å²) in [5.74, 6) is 2.14. The fourth-order valence-corrected chi connectivity index (χ4v) is 6.11. The summed E-state index contributed by atoms with van der Waals surface area (Å²) < 4.78 is 0. The Balaban J connectivity index is 1.76. The number of hydrogen-bond acceptors (Lipinski definition) is 4. The molecule has 0 bridgehead atoms. The molecule has 4 atom stereocenters. The first-order valence-corrected chi connectivity index (χ1v) is 14.3. The minimum Gasteiger partial charge on any atom is -0.354 e. The average Bonchev–Trinajstić information content (AvgIpc) is 2.86. The minimum absolute atomic E-state index is 0.00378. The highest BCUT2D eigenvalue weighted by molar-refractivity contribution is 5.97. The smallest absolute Gasteiger partial charge is 0.254 e. The molecule has 36 heavy (non-hydrogen) atoms. The van der Waals surface area contributed by atoms with Crippen LogP contribution < -0.4 is 11.1 Å². The van der Waals surface area contributed by atoms with Crippen LogP contribution in [0, 0.1) is 30.6 Å². The lowest BCUT2D eigenvalue weighted by atomic mass is 9.81. The van der Waals surface area contributed by atoms with Crippen LogP contribution in [0.2, 0.25) is 0 Å². The molecule has 2 fully saturated rings. The molecule has 2 amide bonds. The van der Waals surface area contributed by atoms with E-state index in [-0.39, 0.29) is 11.8 Å². The molecule has 0 spiro atoms. The highest BCUT2D eigenvalue weighted by atomic mass is 16.2. The minimum atomic E-state index is -0.437. The third-order valence-electron chi connectivity index (χ3n) is 7.94. The topological polar surface area (TPSA) is 78.7 Å². The molecule has 3 N–H and O–H groups in total. The molecule has 1 aliphatic heterocycles. The molecule has 1 aliphatic carbocycles. The largest absolute Gasteiger partial charge is 0.354 e. The molecule has 202 valence electrons. The molecule has 3 rings (SSSR count). The Morgan fingerprint density at radius 1 is 1.00 bits per heavy atom. The molecule has 3 unspecified atom stereocenters. The number of benzene rings is 1. The number of aryl methyl sites for hydroxylation is 1. The van der Waals surface area contributed by atoms with E-state index in [4.69, 9.17) is 5.73 Å². The quantitative estimate of drug-likeness (QED) is 0.499. The van der Waals surface area contributed by atoms with Crippen molar-refractivity contribution in [3.8, 4) is 0 Å². The highest BCUT2D eigenvalue weighted by Crippen LogP contribution is 2.29. The summed E-state index contributed by atoms with van der Waals surface area (Å²) in [5.41, 5.74) is 7.72. The van der Waals surface area contributed by atoms with E-state index in [0.717, 1.165) is 44.5 Å². The van der Waals surface area contributed by atoms with E-state index in [2.05, 4.69) is 37.9 Å². The lowest BCUT2D eigenvalue weighted by Gasteiger charge is -2.44. The van der Waals surface area contributed by atoms with E-state index in [9.17, 15) is 9.59 Å². The molecule has 1 heterocycles. The van der Waals surface area contributed by atoms with Gasteiger partial charge in [0.1, 0.15) is 6.04 Å². The Kier molecular flexibility index (Phi) is 10.8. The second kappa shape index (κ2) is 13.6. The lowest BCUT2D eigenvalue weighted by molar-refractivity contribution is -0.128. The van der Waals surface area contributed by atoms with Crippen molar-refractivity contribution in [2.75, 3.05) is 32.7 Å². The van der Waals surface area contributed by atoms with Crippen molar-refractivity contribution in [1.29, 1.82) is 0 Å². The van der Waals surface area contributed by atoms with Gasteiger partial charge in [0, 0.05) is 37.8 Å². The molecule has 0 aromatic heterocycles. The Bertz CT molecular complexity index is 828. The van der Waals surface area contributed by atoms with Crippen molar-refractivity contribution in [1.82, 2.24) is 15.1 Å². The van der Waals surface area contributed by atoms with Crippen LogP contribution in [0.25, 0.3) is 0 Å². The maximum Gasteiger partial charge on any atom is 0.254 e. The SMILES string of the molecule is Cc1ccc(C(=O)N2CCC(N(CC(C)C)CC(C)C)C[C@@H]2C(=O)NCC2CCCC(CN)C2)cc1. The van der Waals surface area contributed by atoms with Gasteiger partial charge in [-0.15, -0.1) is 0 Å². The van der Waals surface area contributed by atoms with Crippen molar-refractivity contribution in [2.45, 2.75) is 85.2 Å². The second-order valence-corrected chi connectivity index (χ2v) is 12.2. The second-order valence-electron chi connectivity index (χ2n) is 12.2. The fraction of sp³-hybridized carbons (Fsp3) is 0.733. The fourth-order valence-electron chi connectivity index (χ4n) is 6.11. The Hall–Kier alpha value is -1.92. The van der Waals surface area contributed by atoms with Gasteiger partial charge >= 0.3 is 0 Å². The maximum absolute atomic E-state index is 13.7. The van der Waals surface area contributed by atoms with E-state index in [1.165, 1.54) is 12.8 Å². The van der Waals surface area contributed by atoms with Gasteiger partial charge in [0.15, 0.2) is 0 Å². The molecule has 2 aliphatic rings. The summed E-state index contributed by atoms with van der Waals surface area (Å²) in [7, 11) is 0. The first-order chi connectivity index (χ1) is 17.2. The van der Waals surface area contributed by atoms with Crippen molar-refractivity contribution in [2.24, 2.45) is 29.4 Å². The van der Waals surface area contributed by atoms with E-state index in [1.54, 1.807) is 0 Å². The normalized spacial score (nSPS) is 25.0. The number of carbonyl (C=O) groups excluding carboxylic acids is 2. The van der Waals surface area contributed by atoms with Gasteiger partial charge in [-0.25, -0.2) is 0 Å². The zero-order valence-corrected chi connectivity index (χ0v) is 23.3. The van der Waals surface area contributed by atoms with Crippen LogP contribution in [0.3, 0.4) is 0 Å². The molecule has 1 aromatic rings. The van der Waals surface area contributed by atoms with Gasteiger partial charge in [-0.1, -0.05) is 51.8 Å². The summed E-state index contributed by atoms with van der Waals surface area (Å²) in [5, 5.41) is 3.26. The van der Waals surface area contributed by atoms with Crippen molar-refractivity contribution >= 4 is 11.8 Å². The summed E-state index contributed by atoms with van der Waals surface area (Å²) in [6.45, 7) is 15.1. The molecule has 1 saturated carbocycles. The average molecular weight is 499 g/mol. The van der Waals surface area contributed by atoms with Crippen molar-refractivity contribution < 1.29 is 9.59 Å². The van der Waals surface area contributed by atoms with Gasteiger partial charge < -0.3 is 16.0 Å². The van der Waals surface area contributed by atoms with E-state index >= 15 is 0 Å². The number of rotatable bonds is 10. The van der Waals surface area contributed by atoms with E-state index < -0.39 is 6.04 Å². The van der Waals surface area contributed by atoms with Gasteiger partial charge in [0.05, 0.1) is 0 Å². The van der Waals surface area contributed by atoms with E-state index in [0.29, 0.717) is 54.8 Å². The molecule has 1 saturated heterocycles. The third-order valence-corrected chi connectivity index (χ3v) is 7.94. The standard InChI is InChI=1S/C30H50N4O2/c1-21(2)19-33(20-22(3)4)27-13-14-34(30(36)26-11-9-23(5)10-12-26)28(16-27)29(35)32-18-25-8-6-7-24(15-25)17-31/h9-12,21-22,24-25,27-28H,6-8,13-20,31H2,1-5H3,(H,32,35)/t24?,25?,27?,28-/m1/s1. The predicted octanol–water partition coefficient (Wildman–Crippen LogP) is 4.46.